The molecule has 1 amide bonds. The molecule has 5 aromatic rings. The zero-order chi connectivity index (χ0) is 23.7. The van der Waals surface area contributed by atoms with Gasteiger partial charge in [0.05, 0.1) is 5.69 Å². The Hall–Kier alpha value is -4.79. The molecule has 0 saturated heterocycles. The summed E-state index contributed by atoms with van der Waals surface area (Å²) in [6.45, 7) is 0.374. The van der Waals surface area contributed by atoms with Gasteiger partial charge in [0.1, 0.15) is 23.7 Å². The lowest BCUT2D eigenvalue weighted by atomic mass is 10.2. The van der Waals surface area contributed by atoms with Crippen molar-refractivity contribution in [3.8, 4) is 22.8 Å². The van der Waals surface area contributed by atoms with Gasteiger partial charge in [0, 0.05) is 5.56 Å². The van der Waals surface area contributed by atoms with Gasteiger partial charge < -0.3 is 15.5 Å². The molecular weight excluding hydrogens is 437 g/mol. The zero-order valence-corrected chi connectivity index (χ0v) is 17.7. The van der Waals surface area contributed by atoms with Crippen molar-refractivity contribution in [1.82, 2.24) is 19.5 Å². The maximum atomic E-state index is 13.4. The number of halogens is 1. The molecule has 2 aromatic heterocycles. The minimum absolute atomic E-state index is 0.0991. The lowest BCUT2D eigenvalue weighted by molar-refractivity contribution is 0.0997. The summed E-state index contributed by atoms with van der Waals surface area (Å²) in [4.78, 5) is 36.3. The van der Waals surface area contributed by atoms with Crippen LogP contribution in [0.1, 0.15) is 16.1 Å². The Morgan fingerprint density at radius 3 is 2.50 bits per heavy atom. The molecule has 0 bridgehead atoms. The summed E-state index contributed by atoms with van der Waals surface area (Å²) in [5.74, 6) is -0.508. The monoisotopic (exact) mass is 455 g/mol. The highest BCUT2D eigenvalue weighted by atomic mass is 19.1. The van der Waals surface area contributed by atoms with E-state index in [4.69, 9.17) is 10.5 Å². The van der Waals surface area contributed by atoms with E-state index in [1.807, 2.05) is 30.3 Å². The summed E-state index contributed by atoms with van der Waals surface area (Å²) in [6, 6.07) is 22.1. The van der Waals surface area contributed by atoms with E-state index >= 15 is 0 Å². The van der Waals surface area contributed by atoms with Crippen molar-refractivity contribution >= 4 is 17.1 Å². The SMILES string of the molecule is NC(=O)c1nc(-c2cccc(OCc3ccccc3)c2)nc2c1[nH]c(=O)n2-c1ccc(F)cc1. The molecule has 0 fully saturated rings. The second-order valence-electron chi connectivity index (χ2n) is 7.50. The Morgan fingerprint density at radius 1 is 1.00 bits per heavy atom. The van der Waals surface area contributed by atoms with Crippen LogP contribution >= 0.6 is 0 Å². The van der Waals surface area contributed by atoms with Gasteiger partial charge >= 0.3 is 5.69 Å². The van der Waals surface area contributed by atoms with Gasteiger partial charge in [0.25, 0.3) is 5.91 Å². The number of hydrogen-bond donors (Lipinski definition) is 2. The van der Waals surface area contributed by atoms with Gasteiger partial charge in [0.2, 0.25) is 0 Å². The van der Waals surface area contributed by atoms with Gasteiger partial charge in [0.15, 0.2) is 17.2 Å². The number of amides is 1. The van der Waals surface area contributed by atoms with Crippen molar-refractivity contribution in [2.24, 2.45) is 5.73 Å². The second kappa shape index (κ2) is 8.62. The third-order valence-corrected chi connectivity index (χ3v) is 5.20. The number of rotatable bonds is 6. The maximum absolute atomic E-state index is 13.4. The predicted molar refractivity (Wildman–Crippen MR) is 124 cm³/mol. The quantitative estimate of drug-likeness (QED) is 0.406. The number of carbonyl (C=O) groups is 1. The van der Waals surface area contributed by atoms with Crippen LogP contribution in [0.4, 0.5) is 4.39 Å². The first-order chi connectivity index (χ1) is 16.5. The molecule has 2 heterocycles. The lowest BCUT2D eigenvalue weighted by Gasteiger charge is -2.09. The molecule has 34 heavy (non-hydrogen) atoms. The molecule has 3 aromatic carbocycles. The molecule has 8 nitrogen and oxygen atoms in total. The van der Waals surface area contributed by atoms with Crippen LogP contribution in [0.15, 0.2) is 83.7 Å². The average molecular weight is 455 g/mol. The van der Waals surface area contributed by atoms with Gasteiger partial charge in [-0.1, -0.05) is 42.5 Å². The van der Waals surface area contributed by atoms with Gasteiger partial charge in [-0.3, -0.25) is 4.79 Å². The topological polar surface area (TPSA) is 116 Å². The maximum Gasteiger partial charge on any atom is 0.332 e. The van der Waals surface area contributed by atoms with Crippen molar-refractivity contribution in [3.63, 3.8) is 0 Å². The van der Waals surface area contributed by atoms with Crippen LogP contribution in [0.25, 0.3) is 28.2 Å². The van der Waals surface area contributed by atoms with Crippen molar-refractivity contribution in [2.75, 3.05) is 0 Å². The third-order valence-electron chi connectivity index (χ3n) is 5.20. The number of ether oxygens (including phenoxy) is 1. The number of imidazole rings is 1. The molecule has 3 N–H and O–H groups in total. The largest absolute Gasteiger partial charge is 0.489 e. The van der Waals surface area contributed by atoms with Crippen molar-refractivity contribution in [1.29, 1.82) is 0 Å². The Balaban J connectivity index is 1.60. The van der Waals surface area contributed by atoms with E-state index < -0.39 is 17.4 Å². The lowest BCUT2D eigenvalue weighted by Crippen LogP contribution is -2.15. The Kier molecular flexibility index (Phi) is 5.35. The Bertz CT molecular complexity index is 1560. The van der Waals surface area contributed by atoms with Crippen molar-refractivity contribution in [3.05, 3.63) is 106 Å². The first-order valence-corrected chi connectivity index (χ1v) is 10.4. The number of benzene rings is 3. The average Bonchev–Trinajstić information content (AvgIpc) is 3.19. The number of aromatic nitrogens is 4. The van der Waals surface area contributed by atoms with Gasteiger partial charge in [-0.15, -0.1) is 0 Å². The van der Waals surface area contributed by atoms with Gasteiger partial charge in [-0.25, -0.2) is 23.7 Å². The number of nitrogens with one attached hydrogen (secondary N) is 1. The van der Waals surface area contributed by atoms with Gasteiger partial charge in [-0.05, 0) is 42.0 Å². The van der Waals surface area contributed by atoms with E-state index in [0.29, 0.717) is 23.6 Å². The van der Waals surface area contributed by atoms with Crippen molar-refractivity contribution < 1.29 is 13.9 Å². The number of primary amides is 1. The number of carbonyl (C=O) groups excluding carboxylic acids is 1. The molecule has 0 unspecified atom stereocenters. The first-order valence-electron chi connectivity index (χ1n) is 10.4. The summed E-state index contributed by atoms with van der Waals surface area (Å²) in [5, 5.41) is 0. The summed E-state index contributed by atoms with van der Waals surface area (Å²) < 4.78 is 20.5. The van der Waals surface area contributed by atoms with E-state index in [2.05, 4.69) is 15.0 Å². The summed E-state index contributed by atoms with van der Waals surface area (Å²) in [5.41, 5.74) is 7.05. The number of nitrogens with zero attached hydrogens (tertiary/aromatic N) is 3. The molecular formula is C25H18FN5O3. The van der Waals surface area contributed by atoms with Gasteiger partial charge in [-0.2, -0.15) is 0 Å². The number of nitrogens with two attached hydrogens (primary N) is 1. The number of fused-ring (bicyclic) bond motifs is 1. The van der Waals surface area contributed by atoms with Crippen LogP contribution in [0.2, 0.25) is 0 Å². The molecule has 0 spiro atoms. The highest BCUT2D eigenvalue weighted by molar-refractivity contribution is 6.02. The predicted octanol–water partition coefficient (Wildman–Crippen LogP) is 3.59. The standard InChI is InChI=1S/C25H18FN5O3/c26-17-9-11-18(12-10-17)31-24-21(29-25(31)33)20(22(27)32)28-23(30-24)16-7-4-8-19(13-16)34-14-15-5-2-1-3-6-15/h1-13H,14H2,(H2,27,32)(H,29,33). The molecule has 9 heteroatoms. The third kappa shape index (κ3) is 4.02. The highest BCUT2D eigenvalue weighted by Gasteiger charge is 2.20. The van der Waals surface area contributed by atoms with E-state index in [0.717, 1.165) is 5.56 Å². The van der Waals surface area contributed by atoms with Crippen LogP contribution < -0.4 is 16.2 Å². The summed E-state index contributed by atoms with van der Waals surface area (Å²) >= 11 is 0. The van der Waals surface area contributed by atoms with E-state index in [9.17, 15) is 14.0 Å². The molecule has 5 rings (SSSR count). The van der Waals surface area contributed by atoms with Crippen LogP contribution in [-0.2, 0) is 6.61 Å². The molecule has 0 aliphatic rings. The van der Waals surface area contributed by atoms with Crippen LogP contribution in [0.3, 0.4) is 0 Å². The smallest absolute Gasteiger partial charge is 0.332 e. The van der Waals surface area contributed by atoms with E-state index in [-0.39, 0.29) is 22.7 Å². The van der Waals surface area contributed by atoms with Crippen LogP contribution in [0.5, 0.6) is 5.75 Å². The second-order valence-corrected chi connectivity index (χ2v) is 7.50. The summed E-state index contributed by atoms with van der Waals surface area (Å²) in [7, 11) is 0. The number of H-pyrrole nitrogens is 1. The van der Waals surface area contributed by atoms with Crippen LogP contribution in [-0.4, -0.2) is 25.4 Å². The molecule has 0 aliphatic heterocycles. The Labute approximate surface area is 192 Å². The minimum Gasteiger partial charge on any atom is -0.489 e. The molecule has 0 aliphatic carbocycles. The molecule has 168 valence electrons. The van der Waals surface area contributed by atoms with Crippen LogP contribution in [0, 0.1) is 5.82 Å². The van der Waals surface area contributed by atoms with E-state index in [1.54, 1.807) is 24.3 Å². The zero-order valence-electron chi connectivity index (χ0n) is 17.7. The molecule has 0 saturated carbocycles. The number of hydrogen-bond acceptors (Lipinski definition) is 5. The number of aromatic amines is 1. The molecule has 0 radical (unpaired) electrons. The minimum atomic E-state index is -0.822. The highest BCUT2D eigenvalue weighted by Crippen LogP contribution is 2.25. The summed E-state index contributed by atoms with van der Waals surface area (Å²) in [6.07, 6.45) is 0. The van der Waals surface area contributed by atoms with Crippen molar-refractivity contribution in [2.45, 2.75) is 6.61 Å². The fourth-order valence-electron chi connectivity index (χ4n) is 3.59. The normalized spacial score (nSPS) is 11.0. The first kappa shape index (κ1) is 21.1. The fraction of sp³-hybridized carbons (Fsp3) is 0.0400. The van der Waals surface area contributed by atoms with E-state index in [1.165, 1.54) is 28.8 Å². The fourth-order valence-corrected chi connectivity index (χ4v) is 3.59. The molecule has 0 atom stereocenters. The Morgan fingerprint density at radius 2 is 1.76 bits per heavy atom.